The Balaban J connectivity index is 1.77. The number of benzene rings is 2. The number of para-hydroxylation sites is 1. The fourth-order valence-corrected chi connectivity index (χ4v) is 4.07. The Morgan fingerprint density at radius 3 is 2.69 bits per heavy atom. The number of likely N-dealkylation sites (N-methyl/N-ethyl adjacent to an activating group) is 2. The Morgan fingerprint density at radius 2 is 1.97 bits per heavy atom. The zero-order valence-electron chi connectivity index (χ0n) is 20.7. The number of aromatic nitrogens is 1. The van der Waals surface area contributed by atoms with E-state index in [1.807, 2.05) is 42.5 Å². The molecule has 3 aromatic rings. The van der Waals surface area contributed by atoms with Gasteiger partial charge in [-0.15, -0.1) is 0 Å². The number of pyridine rings is 1. The van der Waals surface area contributed by atoms with Crippen LogP contribution in [0.25, 0.3) is 11.1 Å². The normalized spacial score (nSPS) is 12.9. The Bertz CT molecular complexity index is 1420. The van der Waals surface area contributed by atoms with E-state index in [4.69, 9.17) is 5.41 Å². The first-order chi connectivity index (χ1) is 17.3. The van der Waals surface area contributed by atoms with Crippen molar-refractivity contribution in [2.45, 2.75) is 19.4 Å². The highest BCUT2D eigenvalue weighted by Crippen LogP contribution is 2.32. The molecule has 0 aliphatic carbocycles. The van der Waals surface area contributed by atoms with Gasteiger partial charge in [0.2, 0.25) is 11.8 Å². The minimum Gasteiger partial charge on any atom is -0.387 e. The van der Waals surface area contributed by atoms with Gasteiger partial charge in [0, 0.05) is 42.7 Å². The first-order valence-electron chi connectivity index (χ1n) is 11.6. The number of carbonyl (C=O) groups is 2. The highest BCUT2D eigenvalue weighted by molar-refractivity contribution is 6.01. The van der Waals surface area contributed by atoms with Gasteiger partial charge in [-0.1, -0.05) is 24.1 Å². The number of rotatable bonds is 6. The number of nitrogens with zero attached hydrogens (tertiary/aromatic N) is 2. The molecule has 4 rings (SSSR count). The lowest BCUT2D eigenvalue weighted by atomic mass is 10.00. The fourth-order valence-electron chi connectivity index (χ4n) is 4.07. The van der Waals surface area contributed by atoms with Crippen LogP contribution < -0.4 is 20.9 Å². The molecule has 2 heterocycles. The molecule has 2 amide bonds. The van der Waals surface area contributed by atoms with E-state index in [1.54, 1.807) is 39.0 Å². The number of hydrogen-bond acceptors (Lipinski definition) is 6. The third kappa shape index (κ3) is 4.97. The predicted octanol–water partition coefficient (Wildman–Crippen LogP) is 3.25. The van der Waals surface area contributed by atoms with Crippen LogP contribution in [0.2, 0.25) is 0 Å². The van der Waals surface area contributed by atoms with E-state index in [1.165, 1.54) is 6.21 Å². The largest absolute Gasteiger partial charge is 0.387 e. The molecular formula is C28H28N6O2. The van der Waals surface area contributed by atoms with E-state index in [-0.39, 0.29) is 11.8 Å². The Morgan fingerprint density at radius 1 is 1.17 bits per heavy atom. The van der Waals surface area contributed by atoms with Crippen LogP contribution in [-0.4, -0.2) is 50.2 Å². The zero-order valence-corrected chi connectivity index (χ0v) is 20.7. The number of hydrogen-bond donors (Lipinski definition) is 4. The van der Waals surface area contributed by atoms with Crippen LogP contribution >= 0.6 is 0 Å². The van der Waals surface area contributed by atoms with Crippen LogP contribution in [0, 0.1) is 17.3 Å². The van der Waals surface area contributed by atoms with Gasteiger partial charge in [0.05, 0.1) is 18.2 Å². The van der Waals surface area contributed by atoms with Crippen LogP contribution in [0.5, 0.6) is 0 Å². The second kappa shape index (κ2) is 10.4. The zero-order chi connectivity index (χ0) is 25.8. The van der Waals surface area contributed by atoms with E-state index in [2.05, 4.69) is 32.8 Å². The van der Waals surface area contributed by atoms with E-state index in [0.717, 1.165) is 39.2 Å². The standard InChI is InChI=1S/C28H28N6O2/c1-17(30-2)28(36)33-25-14-20(23-7-5-6-19(16-29)27(23)31-3)13-22(32-25)10-8-18-9-11-24-21(12-18)15-26(35)34(24)4/h5-7,9,11-14,16-17,29-31H,15H2,1-4H3,(H,32,33,36). The molecule has 1 aliphatic rings. The van der Waals surface area contributed by atoms with Gasteiger partial charge < -0.3 is 26.3 Å². The van der Waals surface area contributed by atoms with Gasteiger partial charge in [0.15, 0.2) is 0 Å². The summed E-state index contributed by atoms with van der Waals surface area (Å²) in [6.45, 7) is 1.77. The third-order valence-electron chi connectivity index (χ3n) is 6.21. The lowest BCUT2D eigenvalue weighted by Crippen LogP contribution is -2.35. The lowest BCUT2D eigenvalue weighted by molar-refractivity contribution is -0.118. The first-order valence-corrected chi connectivity index (χ1v) is 11.6. The highest BCUT2D eigenvalue weighted by Gasteiger charge is 2.23. The molecule has 4 N–H and O–H groups in total. The van der Waals surface area contributed by atoms with Crippen LogP contribution in [0.1, 0.15) is 29.3 Å². The molecule has 0 spiro atoms. The lowest BCUT2D eigenvalue weighted by Gasteiger charge is -2.15. The van der Waals surface area contributed by atoms with E-state index < -0.39 is 6.04 Å². The maximum absolute atomic E-state index is 12.5. The van der Waals surface area contributed by atoms with Crippen molar-refractivity contribution < 1.29 is 9.59 Å². The van der Waals surface area contributed by atoms with Crippen LogP contribution in [0.3, 0.4) is 0 Å². The first kappa shape index (κ1) is 24.6. The average molecular weight is 481 g/mol. The quantitative estimate of drug-likeness (QED) is 0.320. The smallest absolute Gasteiger partial charge is 0.242 e. The summed E-state index contributed by atoms with van der Waals surface area (Å²) in [5.41, 5.74) is 6.32. The molecule has 0 bridgehead atoms. The monoisotopic (exact) mass is 480 g/mol. The molecule has 8 nitrogen and oxygen atoms in total. The van der Waals surface area contributed by atoms with Crippen molar-refractivity contribution in [3.63, 3.8) is 0 Å². The Kier molecular flexibility index (Phi) is 7.13. The number of amides is 2. The molecule has 2 aromatic carbocycles. The van der Waals surface area contributed by atoms with Crippen LogP contribution in [0.15, 0.2) is 48.5 Å². The van der Waals surface area contributed by atoms with Crippen molar-refractivity contribution in [1.82, 2.24) is 10.3 Å². The average Bonchev–Trinajstić information content (AvgIpc) is 3.18. The summed E-state index contributed by atoms with van der Waals surface area (Å²) < 4.78 is 0. The van der Waals surface area contributed by atoms with E-state index >= 15 is 0 Å². The predicted molar refractivity (Wildman–Crippen MR) is 144 cm³/mol. The van der Waals surface area contributed by atoms with E-state index in [9.17, 15) is 9.59 Å². The van der Waals surface area contributed by atoms with Gasteiger partial charge in [0.25, 0.3) is 0 Å². The molecule has 36 heavy (non-hydrogen) atoms. The third-order valence-corrected chi connectivity index (χ3v) is 6.21. The van der Waals surface area contributed by atoms with Crippen molar-refractivity contribution in [2.24, 2.45) is 0 Å². The summed E-state index contributed by atoms with van der Waals surface area (Å²) in [7, 11) is 5.29. The molecule has 0 radical (unpaired) electrons. The minimum atomic E-state index is -0.397. The topological polar surface area (TPSA) is 110 Å². The molecule has 0 fully saturated rings. The van der Waals surface area contributed by atoms with Crippen LogP contribution in [-0.2, 0) is 16.0 Å². The Hall–Kier alpha value is -4.48. The van der Waals surface area contributed by atoms with Crippen molar-refractivity contribution >= 4 is 35.2 Å². The number of anilines is 3. The summed E-state index contributed by atoms with van der Waals surface area (Å²) in [6, 6.07) is 14.7. The molecule has 1 aromatic heterocycles. The van der Waals surface area contributed by atoms with E-state index in [0.29, 0.717) is 17.9 Å². The maximum Gasteiger partial charge on any atom is 0.242 e. The van der Waals surface area contributed by atoms with Gasteiger partial charge in [-0.25, -0.2) is 4.98 Å². The fraction of sp³-hybridized carbons (Fsp3) is 0.214. The molecule has 182 valence electrons. The maximum atomic E-state index is 12.5. The summed E-state index contributed by atoms with van der Waals surface area (Å²) in [4.78, 5) is 30.8. The van der Waals surface area contributed by atoms with Crippen LogP contribution in [0.4, 0.5) is 17.2 Å². The molecule has 1 unspecified atom stereocenters. The Labute approximate surface area is 210 Å². The number of nitrogens with one attached hydrogen (secondary N) is 4. The van der Waals surface area contributed by atoms with Gasteiger partial charge in [-0.05, 0) is 61.4 Å². The van der Waals surface area contributed by atoms with Gasteiger partial charge >= 0.3 is 0 Å². The van der Waals surface area contributed by atoms with Crippen molar-refractivity contribution in [3.05, 3.63) is 70.9 Å². The van der Waals surface area contributed by atoms with Gasteiger partial charge in [0.1, 0.15) is 11.5 Å². The second-order valence-electron chi connectivity index (χ2n) is 8.51. The molecule has 1 aliphatic heterocycles. The molecular weight excluding hydrogens is 452 g/mol. The second-order valence-corrected chi connectivity index (χ2v) is 8.51. The van der Waals surface area contributed by atoms with Crippen molar-refractivity contribution in [1.29, 1.82) is 5.41 Å². The van der Waals surface area contributed by atoms with Gasteiger partial charge in [-0.2, -0.15) is 0 Å². The number of carbonyl (C=O) groups excluding carboxylic acids is 2. The van der Waals surface area contributed by atoms with Gasteiger partial charge in [-0.3, -0.25) is 9.59 Å². The highest BCUT2D eigenvalue weighted by atomic mass is 16.2. The molecule has 0 saturated carbocycles. The minimum absolute atomic E-state index is 0.0631. The molecule has 0 saturated heterocycles. The summed E-state index contributed by atoms with van der Waals surface area (Å²) in [5.74, 6) is 6.49. The van der Waals surface area contributed by atoms with Crippen molar-refractivity contribution in [3.8, 4) is 23.0 Å². The molecule has 1 atom stereocenters. The van der Waals surface area contributed by atoms with Crippen molar-refractivity contribution in [2.75, 3.05) is 36.7 Å². The summed E-state index contributed by atoms with van der Waals surface area (Å²) in [6.07, 6.45) is 1.66. The molecule has 8 heteroatoms. The summed E-state index contributed by atoms with van der Waals surface area (Å²) in [5, 5.41) is 16.7. The SMILES string of the molecule is CNc1c(C=N)cccc1-c1cc(C#Cc2ccc3c(c2)CC(=O)N3C)nc(NC(=O)C(C)NC)c1. The number of fused-ring (bicyclic) bond motifs is 1. The summed E-state index contributed by atoms with van der Waals surface area (Å²) >= 11 is 0.